The monoisotopic (exact) mass is 378 g/mol. The quantitative estimate of drug-likeness (QED) is 0.800. The summed E-state index contributed by atoms with van der Waals surface area (Å²) in [5.41, 5.74) is 1.02. The van der Waals surface area contributed by atoms with E-state index in [9.17, 15) is 9.90 Å². The fourth-order valence-corrected chi connectivity index (χ4v) is 3.06. The number of carbonyl (C=O) groups is 1. The second kappa shape index (κ2) is 9.19. The summed E-state index contributed by atoms with van der Waals surface area (Å²) in [4.78, 5) is 16.1. The number of hydrogen-bond donors (Lipinski definition) is 1. The van der Waals surface area contributed by atoms with Gasteiger partial charge < -0.3 is 19.2 Å². The van der Waals surface area contributed by atoms with Crippen molar-refractivity contribution < 1.29 is 19.1 Å². The number of carbonyl (C=O) groups excluding carboxylic acids is 1. The van der Waals surface area contributed by atoms with Crippen molar-refractivity contribution in [2.24, 2.45) is 0 Å². The van der Waals surface area contributed by atoms with Gasteiger partial charge in [0, 0.05) is 37.7 Å². The molecular weight excluding hydrogens is 356 g/mol. The van der Waals surface area contributed by atoms with E-state index < -0.39 is 6.10 Å². The number of aliphatic hydroxyl groups excluding tert-OH is 1. The van der Waals surface area contributed by atoms with Gasteiger partial charge in [0.15, 0.2) is 5.76 Å². The zero-order valence-electron chi connectivity index (χ0n) is 14.5. The molecule has 2 heterocycles. The first-order chi connectivity index (χ1) is 12.6. The highest BCUT2D eigenvalue weighted by atomic mass is 35.5. The Bertz CT molecular complexity index is 682. The number of aliphatic hydroxyl groups is 1. The number of furan rings is 1. The molecule has 1 fully saturated rings. The molecule has 6 nitrogen and oxygen atoms in total. The summed E-state index contributed by atoms with van der Waals surface area (Å²) in [6.07, 6.45) is 0.943. The van der Waals surface area contributed by atoms with Crippen LogP contribution in [0.2, 0.25) is 5.02 Å². The fourth-order valence-electron chi connectivity index (χ4n) is 2.93. The Labute approximate surface area is 157 Å². The van der Waals surface area contributed by atoms with Crippen LogP contribution < -0.4 is 0 Å². The van der Waals surface area contributed by atoms with Gasteiger partial charge >= 0.3 is 0 Å². The molecule has 1 saturated heterocycles. The van der Waals surface area contributed by atoms with Crippen molar-refractivity contribution in [2.45, 2.75) is 12.7 Å². The summed E-state index contributed by atoms with van der Waals surface area (Å²) in [7, 11) is 0. The van der Waals surface area contributed by atoms with Crippen LogP contribution in [0, 0.1) is 0 Å². The highest BCUT2D eigenvalue weighted by molar-refractivity contribution is 6.30. The van der Waals surface area contributed by atoms with Gasteiger partial charge in [0.1, 0.15) is 0 Å². The maximum Gasteiger partial charge on any atom is 0.289 e. The molecule has 2 aromatic rings. The SMILES string of the molecule is O=C(c1ccco1)N1CCN(CC(O)COCc2ccc(Cl)cc2)CC1. The average molecular weight is 379 g/mol. The lowest BCUT2D eigenvalue weighted by Gasteiger charge is -2.35. The summed E-state index contributed by atoms with van der Waals surface area (Å²) in [5.74, 6) is 0.288. The molecule has 26 heavy (non-hydrogen) atoms. The zero-order chi connectivity index (χ0) is 18.4. The van der Waals surface area contributed by atoms with Crippen molar-refractivity contribution in [2.75, 3.05) is 39.3 Å². The summed E-state index contributed by atoms with van der Waals surface area (Å²) in [6, 6.07) is 10.8. The van der Waals surface area contributed by atoms with Crippen molar-refractivity contribution >= 4 is 17.5 Å². The largest absolute Gasteiger partial charge is 0.459 e. The molecule has 0 bridgehead atoms. The first kappa shape index (κ1) is 18.9. The second-order valence-corrected chi connectivity index (χ2v) is 6.80. The molecule has 7 heteroatoms. The number of nitrogens with zero attached hydrogens (tertiary/aromatic N) is 2. The van der Waals surface area contributed by atoms with E-state index in [1.807, 2.05) is 24.3 Å². The van der Waals surface area contributed by atoms with E-state index in [0.717, 1.165) is 18.7 Å². The van der Waals surface area contributed by atoms with Crippen LogP contribution in [0.25, 0.3) is 0 Å². The molecule has 1 aliphatic rings. The maximum atomic E-state index is 12.2. The molecule has 0 saturated carbocycles. The van der Waals surface area contributed by atoms with Crippen LogP contribution in [0.15, 0.2) is 47.1 Å². The van der Waals surface area contributed by atoms with Crippen molar-refractivity contribution in [3.8, 4) is 0 Å². The molecule has 1 aliphatic heterocycles. The zero-order valence-corrected chi connectivity index (χ0v) is 15.3. The van der Waals surface area contributed by atoms with Crippen molar-refractivity contribution in [3.05, 3.63) is 59.0 Å². The van der Waals surface area contributed by atoms with Gasteiger partial charge in [-0.15, -0.1) is 0 Å². The minimum atomic E-state index is -0.561. The van der Waals surface area contributed by atoms with Gasteiger partial charge in [0.2, 0.25) is 0 Å². The molecule has 140 valence electrons. The molecule has 1 aromatic heterocycles. The van der Waals surface area contributed by atoms with Crippen molar-refractivity contribution in [1.29, 1.82) is 0 Å². The average Bonchev–Trinajstić information content (AvgIpc) is 3.18. The van der Waals surface area contributed by atoms with Gasteiger partial charge in [-0.2, -0.15) is 0 Å². The smallest absolute Gasteiger partial charge is 0.289 e. The Morgan fingerprint density at radius 1 is 1.19 bits per heavy atom. The Morgan fingerprint density at radius 2 is 1.92 bits per heavy atom. The fraction of sp³-hybridized carbons (Fsp3) is 0.421. The molecule has 0 aliphatic carbocycles. The number of amides is 1. The van der Waals surface area contributed by atoms with E-state index in [1.54, 1.807) is 17.0 Å². The van der Waals surface area contributed by atoms with E-state index >= 15 is 0 Å². The number of benzene rings is 1. The molecule has 0 spiro atoms. The third kappa shape index (κ3) is 5.32. The highest BCUT2D eigenvalue weighted by Gasteiger charge is 2.24. The maximum absolute atomic E-state index is 12.2. The Hall–Kier alpha value is -1.86. The van der Waals surface area contributed by atoms with Crippen molar-refractivity contribution in [1.82, 2.24) is 9.80 Å². The minimum Gasteiger partial charge on any atom is -0.459 e. The number of hydrogen-bond acceptors (Lipinski definition) is 5. The normalized spacial score (nSPS) is 16.6. The van der Waals surface area contributed by atoms with E-state index in [2.05, 4.69) is 4.90 Å². The highest BCUT2D eigenvalue weighted by Crippen LogP contribution is 2.11. The number of β-amino-alcohol motifs (C(OH)–C–C–N with tert-alkyl or cyclic N) is 1. The number of halogens is 1. The molecule has 1 amide bonds. The Morgan fingerprint density at radius 3 is 2.58 bits per heavy atom. The summed E-state index contributed by atoms with van der Waals surface area (Å²) >= 11 is 5.85. The Balaban J connectivity index is 1.34. The minimum absolute atomic E-state index is 0.0819. The lowest BCUT2D eigenvalue weighted by atomic mass is 10.2. The predicted molar refractivity (Wildman–Crippen MR) is 98.2 cm³/mol. The van der Waals surface area contributed by atoms with Gasteiger partial charge in [-0.05, 0) is 29.8 Å². The van der Waals surface area contributed by atoms with E-state index in [1.165, 1.54) is 6.26 Å². The van der Waals surface area contributed by atoms with Crippen LogP contribution in [0.3, 0.4) is 0 Å². The third-order valence-electron chi connectivity index (χ3n) is 4.35. The molecule has 1 unspecified atom stereocenters. The van der Waals surface area contributed by atoms with Crippen LogP contribution in [-0.2, 0) is 11.3 Å². The molecule has 0 radical (unpaired) electrons. The first-order valence-corrected chi connectivity index (χ1v) is 9.05. The predicted octanol–water partition coefficient (Wildman–Crippen LogP) is 2.27. The molecule has 1 aromatic carbocycles. The number of piperazine rings is 1. The van der Waals surface area contributed by atoms with Crippen LogP contribution in [0.1, 0.15) is 16.1 Å². The van der Waals surface area contributed by atoms with Gasteiger partial charge in [0.25, 0.3) is 5.91 Å². The summed E-state index contributed by atoms with van der Waals surface area (Å²) < 4.78 is 10.7. The van der Waals surface area contributed by atoms with E-state index in [0.29, 0.717) is 37.0 Å². The van der Waals surface area contributed by atoms with Gasteiger partial charge in [-0.25, -0.2) is 0 Å². The number of rotatable bonds is 7. The van der Waals surface area contributed by atoms with Crippen LogP contribution >= 0.6 is 11.6 Å². The summed E-state index contributed by atoms with van der Waals surface area (Å²) in [6.45, 7) is 3.94. The van der Waals surface area contributed by atoms with E-state index in [4.69, 9.17) is 20.8 Å². The van der Waals surface area contributed by atoms with E-state index in [-0.39, 0.29) is 12.5 Å². The topological polar surface area (TPSA) is 66.2 Å². The standard InChI is InChI=1S/C19H23ClN2O4/c20-16-5-3-15(4-6-16)13-25-14-17(23)12-21-7-9-22(10-8-21)19(24)18-2-1-11-26-18/h1-6,11,17,23H,7-10,12-14H2. The lowest BCUT2D eigenvalue weighted by Crippen LogP contribution is -2.50. The van der Waals surface area contributed by atoms with Gasteiger partial charge in [-0.3, -0.25) is 9.69 Å². The molecule has 1 N–H and O–H groups in total. The second-order valence-electron chi connectivity index (χ2n) is 6.37. The lowest BCUT2D eigenvalue weighted by molar-refractivity contribution is 0.00181. The van der Waals surface area contributed by atoms with Crippen LogP contribution in [0.5, 0.6) is 0 Å². The summed E-state index contributed by atoms with van der Waals surface area (Å²) in [5, 5.41) is 10.9. The van der Waals surface area contributed by atoms with Crippen LogP contribution in [-0.4, -0.2) is 66.2 Å². The van der Waals surface area contributed by atoms with Crippen molar-refractivity contribution in [3.63, 3.8) is 0 Å². The molecule has 3 rings (SSSR count). The van der Waals surface area contributed by atoms with Crippen LogP contribution in [0.4, 0.5) is 0 Å². The van der Waals surface area contributed by atoms with Gasteiger partial charge in [-0.1, -0.05) is 23.7 Å². The third-order valence-corrected chi connectivity index (χ3v) is 4.60. The molecule has 1 atom stereocenters. The Kier molecular flexibility index (Phi) is 6.68. The number of ether oxygens (including phenoxy) is 1. The van der Waals surface area contributed by atoms with Gasteiger partial charge in [0.05, 0.1) is 25.6 Å². The molecular formula is C19H23ClN2O4. The first-order valence-electron chi connectivity index (χ1n) is 8.67.